The van der Waals surface area contributed by atoms with Crippen LogP contribution in [-0.4, -0.2) is 46.5 Å². The highest BCUT2D eigenvalue weighted by Gasteiger charge is 2.15. The minimum atomic E-state index is 0.0249. The topological polar surface area (TPSA) is 72.2 Å². The largest absolute Gasteiger partial charge is 0.394 e. The molecule has 0 spiro atoms. The van der Waals surface area contributed by atoms with Gasteiger partial charge in [-0.15, -0.1) is 0 Å². The normalized spacial score (nSPS) is 11.1. The van der Waals surface area contributed by atoms with E-state index in [1.165, 1.54) is 0 Å². The smallest absolute Gasteiger partial charge is 0.117 e. The van der Waals surface area contributed by atoms with E-state index in [2.05, 4.69) is 15.5 Å². The van der Waals surface area contributed by atoms with Gasteiger partial charge in [0.25, 0.3) is 0 Å². The Bertz CT molecular complexity index is 867. The molecular formula is C20H22Cl2N4O2. The molecule has 0 fully saturated rings. The van der Waals surface area contributed by atoms with Gasteiger partial charge in [0.2, 0.25) is 0 Å². The molecule has 2 aromatic carbocycles. The van der Waals surface area contributed by atoms with Crippen LogP contribution in [-0.2, 0) is 17.8 Å². The molecule has 6 nitrogen and oxygen atoms in total. The Kier molecular flexibility index (Phi) is 7.82. The Morgan fingerprint density at radius 2 is 1.71 bits per heavy atom. The minimum absolute atomic E-state index is 0.0249. The maximum atomic E-state index is 8.74. The molecule has 0 unspecified atom stereocenters. The van der Waals surface area contributed by atoms with Crippen molar-refractivity contribution in [1.29, 1.82) is 0 Å². The number of halogens is 2. The molecule has 0 aliphatic heterocycles. The minimum Gasteiger partial charge on any atom is -0.394 e. The molecule has 0 aliphatic rings. The van der Waals surface area contributed by atoms with Crippen molar-refractivity contribution in [2.75, 3.05) is 26.4 Å². The summed E-state index contributed by atoms with van der Waals surface area (Å²) in [5.41, 5.74) is 3.42. The van der Waals surface area contributed by atoms with Gasteiger partial charge in [-0.05, 0) is 12.1 Å². The van der Waals surface area contributed by atoms with Crippen LogP contribution in [0.5, 0.6) is 0 Å². The van der Waals surface area contributed by atoms with Crippen LogP contribution in [0.1, 0.15) is 11.3 Å². The highest BCUT2D eigenvalue weighted by atomic mass is 35.5. The zero-order chi connectivity index (χ0) is 19.8. The standard InChI is InChI=1S/C20H22Cl2N4O2/c21-17-7-4-8-18(22)16(17)14-26-24-19(13-23-9-11-28-12-10-27)20(25-26)15-5-2-1-3-6-15/h1-8,23,27H,9-14H2. The fourth-order valence-corrected chi connectivity index (χ4v) is 3.25. The molecule has 1 heterocycles. The summed E-state index contributed by atoms with van der Waals surface area (Å²) < 4.78 is 5.26. The number of rotatable bonds is 10. The van der Waals surface area contributed by atoms with Crippen LogP contribution < -0.4 is 5.32 Å². The summed E-state index contributed by atoms with van der Waals surface area (Å²) in [5.74, 6) is 0. The molecule has 0 bridgehead atoms. The molecule has 28 heavy (non-hydrogen) atoms. The summed E-state index contributed by atoms with van der Waals surface area (Å²) in [6.07, 6.45) is 0. The second-order valence-corrected chi connectivity index (χ2v) is 6.92. The van der Waals surface area contributed by atoms with E-state index in [9.17, 15) is 0 Å². The third-order valence-electron chi connectivity index (χ3n) is 4.08. The van der Waals surface area contributed by atoms with E-state index < -0.39 is 0 Å². The van der Waals surface area contributed by atoms with Gasteiger partial charge >= 0.3 is 0 Å². The van der Waals surface area contributed by atoms with Crippen LogP contribution in [0.3, 0.4) is 0 Å². The van der Waals surface area contributed by atoms with Gasteiger partial charge in [0, 0.05) is 34.3 Å². The highest BCUT2D eigenvalue weighted by Crippen LogP contribution is 2.26. The van der Waals surface area contributed by atoms with Crippen molar-refractivity contribution in [3.05, 3.63) is 69.8 Å². The average Bonchev–Trinajstić information content (AvgIpc) is 3.11. The van der Waals surface area contributed by atoms with Crippen LogP contribution in [0.15, 0.2) is 48.5 Å². The summed E-state index contributed by atoms with van der Waals surface area (Å²) >= 11 is 12.6. The van der Waals surface area contributed by atoms with Gasteiger partial charge in [-0.3, -0.25) is 0 Å². The second-order valence-electron chi connectivity index (χ2n) is 6.10. The highest BCUT2D eigenvalue weighted by molar-refractivity contribution is 6.35. The maximum Gasteiger partial charge on any atom is 0.117 e. The van der Waals surface area contributed by atoms with Crippen LogP contribution in [0.4, 0.5) is 0 Å². The van der Waals surface area contributed by atoms with Gasteiger partial charge in [-0.1, -0.05) is 59.6 Å². The molecule has 148 valence electrons. The zero-order valence-corrected chi connectivity index (χ0v) is 16.8. The molecule has 1 aromatic heterocycles. The summed E-state index contributed by atoms with van der Waals surface area (Å²) in [6.45, 7) is 2.46. The Morgan fingerprint density at radius 3 is 2.43 bits per heavy atom. The molecule has 3 rings (SSSR count). The third kappa shape index (κ3) is 5.53. The van der Waals surface area contributed by atoms with Crippen molar-refractivity contribution >= 4 is 23.2 Å². The number of aliphatic hydroxyl groups excluding tert-OH is 1. The first kappa shape index (κ1) is 20.8. The van der Waals surface area contributed by atoms with E-state index in [4.69, 9.17) is 33.0 Å². The lowest BCUT2D eigenvalue weighted by molar-refractivity contribution is 0.0937. The van der Waals surface area contributed by atoms with Crippen molar-refractivity contribution in [2.24, 2.45) is 0 Å². The Hall–Kier alpha value is -1.96. The molecule has 3 aromatic rings. The number of hydrogen-bond acceptors (Lipinski definition) is 5. The van der Waals surface area contributed by atoms with Crippen LogP contribution in [0.2, 0.25) is 10.0 Å². The lowest BCUT2D eigenvalue weighted by atomic mass is 10.1. The number of aromatic nitrogens is 3. The fraction of sp³-hybridized carbons (Fsp3) is 0.300. The Balaban J connectivity index is 1.77. The average molecular weight is 421 g/mol. The van der Waals surface area contributed by atoms with Crippen LogP contribution >= 0.6 is 23.2 Å². The van der Waals surface area contributed by atoms with Crippen molar-refractivity contribution in [2.45, 2.75) is 13.1 Å². The van der Waals surface area contributed by atoms with Crippen LogP contribution in [0, 0.1) is 0 Å². The van der Waals surface area contributed by atoms with Crippen molar-refractivity contribution in [3.8, 4) is 11.3 Å². The molecule has 2 N–H and O–H groups in total. The van der Waals surface area contributed by atoms with E-state index in [0.717, 1.165) is 22.5 Å². The summed E-state index contributed by atoms with van der Waals surface area (Å²) in [4.78, 5) is 1.62. The van der Waals surface area contributed by atoms with Crippen molar-refractivity contribution in [3.63, 3.8) is 0 Å². The molecule has 0 saturated heterocycles. The SMILES string of the molecule is OCCOCCNCc1nn(Cc2c(Cl)cccc2Cl)nc1-c1ccccc1. The van der Waals surface area contributed by atoms with Crippen LogP contribution in [0.25, 0.3) is 11.3 Å². The number of nitrogens with zero attached hydrogens (tertiary/aromatic N) is 3. The molecule has 0 aliphatic carbocycles. The molecule has 0 radical (unpaired) electrons. The van der Waals surface area contributed by atoms with E-state index >= 15 is 0 Å². The second kappa shape index (κ2) is 10.5. The van der Waals surface area contributed by atoms with E-state index in [0.29, 0.717) is 42.9 Å². The molecule has 8 heteroatoms. The molecular weight excluding hydrogens is 399 g/mol. The quantitative estimate of drug-likeness (QED) is 0.491. The maximum absolute atomic E-state index is 8.74. The van der Waals surface area contributed by atoms with Gasteiger partial charge in [-0.2, -0.15) is 15.0 Å². The molecule has 0 amide bonds. The number of nitrogens with one attached hydrogen (secondary N) is 1. The first-order valence-corrected chi connectivity index (χ1v) is 9.76. The monoisotopic (exact) mass is 420 g/mol. The van der Waals surface area contributed by atoms with Gasteiger partial charge < -0.3 is 15.2 Å². The first-order valence-electron chi connectivity index (χ1n) is 9.00. The van der Waals surface area contributed by atoms with Gasteiger partial charge in [0.15, 0.2) is 0 Å². The van der Waals surface area contributed by atoms with E-state index in [-0.39, 0.29) is 6.61 Å². The van der Waals surface area contributed by atoms with E-state index in [1.807, 2.05) is 36.4 Å². The lowest BCUT2D eigenvalue weighted by Gasteiger charge is -2.06. The van der Waals surface area contributed by atoms with Gasteiger partial charge in [0.1, 0.15) is 11.4 Å². The third-order valence-corrected chi connectivity index (χ3v) is 4.79. The number of benzene rings is 2. The Morgan fingerprint density at radius 1 is 0.964 bits per heavy atom. The molecule has 0 atom stereocenters. The summed E-state index contributed by atoms with van der Waals surface area (Å²) in [7, 11) is 0. The summed E-state index contributed by atoms with van der Waals surface area (Å²) in [5, 5.41) is 22.5. The fourth-order valence-electron chi connectivity index (χ4n) is 2.73. The van der Waals surface area contributed by atoms with Crippen molar-refractivity contribution < 1.29 is 9.84 Å². The predicted molar refractivity (Wildman–Crippen MR) is 111 cm³/mol. The molecule has 0 saturated carbocycles. The summed E-state index contributed by atoms with van der Waals surface area (Å²) in [6, 6.07) is 15.3. The predicted octanol–water partition coefficient (Wildman–Crippen LogP) is 3.40. The number of ether oxygens (including phenoxy) is 1. The van der Waals surface area contributed by atoms with E-state index in [1.54, 1.807) is 16.9 Å². The number of hydrogen-bond donors (Lipinski definition) is 2. The zero-order valence-electron chi connectivity index (χ0n) is 15.3. The first-order chi connectivity index (χ1) is 13.7. The number of aliphatic hydroxyl groups is 1. The van der Waals surface area contributed by atoms with Crippen molar-refractivity contribution in [1.82, 2.24) is 20.3 Å². The lowest BCUT2D eigenvalue weighted by Crippen LogP contribution is -2.20. The Labute approximate surface area is 174 Å². The van der Waals surface area contributed by atoms with Gasteiger partial charge in [0.05, 0.1) is 26.4 Å². The van der Waals surface area contributed by atoms with Gasteiger partial charge in [-0.25, -0.2) is 0 Å².